The van der Waals surface area contributed by atoms with Gasteiger partial charge in [0.2, 0.25) is 17.7 Å². The summed E-state index contributed by atoms with van der Waals surface area (Å²) in [5.41, 5.74) is 1.35. The average molecular weight is 541 g/mol. The van der Waals surface area contributed by atoms with Gasteiger partial charge < -0.3 is 10.2 Å². The van der Waals surface area contributed by atoms with Gasteiger partial charge in [0.25, 0.3) is 10.0 Å². The number of nitrogens with zero attached hydrogens (tertiary/aromatic N) is 3. The lowest BCUT2D eigenvalue weighted by atomic mass is 9.98. The summed E-state index contributed by atoms with van der Waals surface area (Å²) in [4.78, 5) is 44.4. The van der Waals surface area contributed by atoms with Crippen molar-refractivity contribution >= 4 is 45.0 Å². The van der Waals surface area contributed by atoms with Crippen molar-refractivity contribution < 1.29 is 22.8 Å². The van der Waals surface area contributed by atoms with Gasteiger partial charge in [0.15, 0.2) is 0 Å². The first kappa shape index (κ1) is 26.3. The van der Waals surface area contributed by atoms with Crippen molar-refractivity contribution in [2.24, 2.45) is 5.92 Å². The summed E-state index contributed by atoms with van der Waals surface area (Å²) < 4.78 is 27.4. The van der Waals surface area contributed by atoms with E-state index in [-0.39, 0.29) is 36.7 Å². The fourth-order valence-electron chi connectivity index (χ4n) is 4.05. The summed E-state index contributed by atoms with van der Waals surface area (Å²) in [6, 6.07) is 18.0. The number of halogens is 1. The molecule has 1 aromatic heterocycles. The molecule has 2 aromatic carbocycles. The van der Waals surface area contributed by atoms with Gasteiger partial charge in [-0.15, -0.1) is 0 Å². The summed E-state index contributed by atoms with van der Waals surface area (Å²) in [6.07, 6.45) is 3.29. The molecule has 11 heteroatoms. The largest absolute Gasteiger partial charge is 0.340 e. The van der Waals surface area contributed by atoms with E-state index in [1.807, 2.05) is 30.3 Å². The van der Waals surface area contributed by atoms with Crippen molar-refractivity contribution in [2.75, 3.05) is 25.0 Å². The molecule has 1 saturated heterocycles. The number of nitrogens with one attached hydrogen (secondary N) is 1. The lowest BCUT2D eigenvalue weighted by Crippen LogP contribution is -2.42. The molecule has 0 aliphatic carbocycles. The molecule has 1 aliphatic heterocycles. The summed E-state index contributed by atoms with van der Waals surface area (Å²) in [6.45, 7) is -0.642. The maximum atomic E-state index is 13.6. The first-order valence-corrected chi connectivity index (χ1v) is 13.4. The highest BCUT2D eigenvalue weighted by Crippen LogP contribution is 2.25. The summed E-state index contributed by atoms with van der Waals surface area (Å²) in [5.74, 6) is -2.39. The SMILES string of the molecule is O=C(CCN1CC(Cc2ccccc2)C(=O)N(S(=O)(=O)c2ccc(Cl)cc2)CC1=O)Nc1cccnc1. The molecule has 0 bridgehead atoms. The van der Waals surface area contributed by atoms with Gasteiger partial charge in [-0.2, -0.15) is 0 Å². The summed E-state index contributed by atoms with van der Waals surface area (Å²) in [7, 11) is -4.31. The highest BCUT2D eigenvalue weighted by Gasteiger charge is 2.40. The molecule has 1 atom stereocenters. The van der Waals surface area contributed by atoms with Crippen LogP contribution in [0.25, 0.3) is 0 Å². The van der Waals surface area contributed by atoms with E-state index in [1.165, 1.54) is 35.4 Å². The molecule has 1 fully saturated rings. The Morgan fingerprint density at radius 3 is 2.43 bits per heavy atom. The van der Waals surface area contributed by atoms with Gasteiger partial charge >= 0.3 is 0 Å². The van der Waals surface area contributed by atoms with E-state index >= 15 is 0 Å². The van der Waals surface area contributed by atoms with Crippen LogP contribution in [0.3, 0.4) is 0 Å². The Bertz CT molecular complexity index is 1370. The Labute approximate surface area is 220 Å². The Balaban J connectivity index is 1.57. The second-order valence-corrected chi connectivity index (χ2v) is 10.9. The van der Waals surface area contributed by atoms with Gasteiger partial charge in [0.05, 0.1) is 22.7 Å². The van der Waals surface area contributed by atoms with Crippen molar-refractivity contribution in [3.63, 3.8) is 0 Å². The Morgan fingerprint density at radius 1 is 1.03 bits per heavy atom. The number of rotatable bonds is 8. The molecule has 3 amide bonds. The third-order valence-electron chi connectivity index (χ3n) is 5.95. The van der Waals surface area contributed by atoms with Crippen LogP contribution in [-0.2, 0) is 30.8 Å². The molecular weight excluding hydrogens is 516 g/mol. The fourth-order valence-corrected chi connectivity index (χ4v) is 5.58. The molecule has 192 valence electrons. The third kappa shape index (κ3) is 6.52. The second kappa shape index (κ2) is 11.5. The number of sulfonamides is 1. The quantitative estimate of drug-likeness (QED) is 0.469. The van der Waals surface area contributed by atoms with E-state index in [9.17, 15) is 22.8 Å². The van der Waals surface area contributed by atoms with Gasteiger partial charge in [0.1, 0.15) is 6.54 Å². The molecule has 37 heavy (non-hydrogen) atoms. The number of hydrogen-bond acceptors (Lipinski definition) is 6. The van der Waals surface area contributed by atoms with Crippen LogP contribution in [-0.4, -0.2) is 60.0 Å². The van der Waals surface area contributed by atoms with Gasteiger partial charge in [-0.3, -0.25) is 19.4 Å². The summed E-state index contributed by atoms with van der Waals surface area (Å²) >= 11 is 5.90. The molecule has 3 aromatic rings. The van der Waals surface area contributed by atoms with Crippen LogP contribution in [0.5, 0.6) is 0 Å². The molecule has 1 unspecified atom stereocenters. The second-order valence-electron chi connectivity index (χ2n) is 8.57. The van der Waals surface area contributed by atoms with Gasteiger partial charge in [-0.25, -0.2) is 12.7 Å². The minimum Gasteiger partial charge on any atom is -0.340 e. The van der Waals surface area contributed by atoms with Crippen molar-refractivity contribution in [2.45, 2.75) is 17.7 Å². The van der Waals surface area contributed by atoms with Gasteiger partial charge in [0, 0.05) is 30.7 Å². The van der Waals surface area contributed by atoms with Crippen LogP contribution in [0, 0.1) is 5.92 Å². The van der Waals surface area contributed by atoms with Crippen LogP contribution in [0.1, 0.15) is 12.0 Å². The summed E-state index contributed by atoms with van der Waals surface area (Å²) in [5, 5.41) is 3.05. The number of aromatic nitrogens is 1. The van der Waals surface area contributed by atoms with Crippen molar-refractivity contribution in [3.8, 4) is 0 Å². The molecule has 9 nitrogen and oxygen atoms in total. The van der Waals surface area contributed by atoms with Crippen molar-refractivity contribution in [1.29, 1.82) is 0 Å². The van der Waals surface area contributed by atoms with Gasteiger partial charge in [-0.05, 0) is 48.4 Å². The van der Waals surface area contributed by atoms with E-state index in [0.29, 0.717) is 15.0 Å². The van der Waals surface area contributed by atoms with Crippen LogP contribution in [0.4, 0.5) is 5.69 Å². The topological polar surface area (TPSA) is 117 Å². The van der Waals surface area contributed by atoms with E-state index in [2.05, 4.69) is 10.3 Å². The Kier molecular flexibility index (Phi) is 8.20. The normalized spacial score (nSPS) is 16.4. The number of carbonyl (C=O) groups excluding carboxylic acids is 3. The smallest absolute Gasteiger partial charge is 0.266 e. The number of pyridine rings is 1. The predicted molar refractivity (Wildman–Crippen MR) is 138 cm³/mol. The molecule has 4 rings (SSSR count). The maximum Gasteiger partial charge on any atom is 0.266 e. The molecular formula is C26H25ClN4O5S. The van der Waals surface area contributed by atoms with E-state index in [1.54, 1.807) is 18.3 Å². The molecule has 0 saturated carbocycles. The Hall–Kier alpha value is -3.76. The first-order chi connectivity index (χ1) is 17.7. The number of hydrogen-bond donors (Lipinski definition) is 1. The minimum absolute atomic E-state index is 0.0145. The van der Waals surface area contributed by atoms with Crippen LogP contribution in [0.15, 0.2) is 84.0 Å². The fraction of sp³-hybridized carbons (Fsp3) is 0.231. The predicted octanol–water partition coefficient (Wildman–Crippen LogP) is 2.98. The zero-order valence-corrected chi connectivity index (χ0v) is 21.4. The van der Waals surface area contributed by atoms with E-state index in [0.717, 1.165) is 5.56 Å². The molecule has 0 spiro atoms. The number of benzene rings is 2. The monoisotopic (exact) mass is 540 g/mol. The highest BCUT2D eigenvalue weighted by atomic mass is 35.5. The lowest BCUT2D eigenvalue weighted by molar-refractivity contribution is -0.133. The van der Waals surface area contributed by atoms with Crippen LogP contribution < -0.4 is 5.32 Å². The third-order valence-corrected chi connectivity index (χ3v) is 7.96. The van der Waals surface area contributed by atoms with Crippen molar-refractivity contribution in [1.82, 2.24) is 14.2 Å². The van der Waals surface area contributed by atoms with Gasteiger partial charge in [-0.1, -0.05) is 41.9 Å². The van der Waals surface area contributed by atoms with Crippen molar-refractivity contribution in [3.05, 3.63) is 89.7 Å². The zero-order valence-electron chi connectivity index (χ0n) is 19.8. The van der Waals surface area contributed by atoms with Crippen LogP contribution in [0.2, 0.25) is 5.02 Å². The molecule has 2 heterocycles. The van der Waals surface area contributed by atoms with E-state index < -0.39 is 34.3 Å². The zero-order chi connectivity index (χ0) is 26.4. The number of anilines is 1. The Morgan fingerprint density at radius 2 is 1.76 bits per heavy atom. The number of carbonyl (C=O) groups is 3. The standard InChI is InChI=1S/C26H25ClN4O5S/c27-21-8-10-23(11-9-21)37(35,36)31-18-25(33)30(14-12-24(32)29-22-7-4-13-28-16-22)17-20(26(31)34)15-19-5-2-1-3-6-19/h1-11,13,16,20H,12,14-15,17-18H2,(H,29,32). The highest BCUT2D eigenvalue weighted by molar-refractivity contribution is 7.89. The minimum atomic E-state index is -4.31. The molecule has 1 N–H and O–H groups in total. The van der Waals surface area contributed by atoms with Crippen LogP contribution >= 0.6 is 11.6 Å². The first-order valence-electron chi connectivity index (χ1n) is 11.6. The maximum absolute atomic E-state index is 13.6. The number of amides is 3. The molecule has 0 radical (unpaired) electrons. The average Bonchev–Trinajstić information content (AvgIpc) is 3.01. The van der Waals surface area contributed by atoms with E-state index in [4.69, 9.17) is 11.6 Å². The lowest BCUT2D eigenvalue weighted by Gasteiger charge is -2.23. The molecule has 1 aliphatic rings.